The lowest BCUT2D eigenvalue weighted by Gasteiger charge is -2.27. The molecule has 1 heterocycles. The zero-order chi connectivity index (χ0) is 16.5. The van der Waals surface area contributed by atoms with Crippen molar-refractivity contribution in [3.63, 3.8) is 0 Å². The van der Waals surface area contributed by atoms with E-state index < -0.39 is 11.7 Å². The topological polar surface area (TPSA) is 50.4 Å². The van der Waals surface area contributed by atoms with Gasteiger partial charge >= 0.3 is 6.09 Å². The molecule has 2 N–H and O–H groups in total. The number of aryl methyl sites for hydroxylation is 1. The molecule has 122 valence electrons. The molecule has 2 rings (SSSR count). The predicted octanol–water partition coefficient (Wildman–Crippen LogP) is 4.25. The minimum atomic E-state index is -0.496. The predicted molar refractivity (Wildman–Crippen MR) is 90.4 cm³/mol. The zero-order valence-electron chi connectivity index (χ0n) is 14.6. The summed E-state index contributed by atoms with van der Waals surface area (Å²) in [5, 5.41) is 6.47. The number of ether oxygens (including phenoxy) is 1. The van der Waals surface area contributed by atoms with Gasteiger partial charge in [0.25, 0.3) is 0 Å². The number of benzene rings is 1. The highest BCUT2D eigenvalue weighted by Crippen LogP contribution is 2.34. The Bertz CT molecular complexity index is 567. The van der Waals surface area contributed by atoms with Crippen LogP contribution < -0.4 is 10.6 Å². The van der Waals surface area contributed by atoms with Crippen LogP contribution >= 0.6 is 0 Å². The monoisotopic (exact) mass is 304 g/mol. The van der Waals surface area contributed by atoms with Crippen molar-refractivity contribution in [2.75, 3.05) is 11.9 Å². The van der Waals surface area contributed by atoms with E-state index in [1.807, 2.05) is 27.7 Å². The Morgan fingerprint density at radius 1 is 1.32 bits per heavy atom. The van der Waals surface area contributed by atoms with Crippen molar-refractivity contribution in [3.05, 3.63) is 28.8 Å². The average molecular weight is 304 g/mol. The van der Waals surface area contributed by atoms with Crippen molar-refractivity contribution in [1.82, 2.24) is 5.32 Å². The molecule has 0 radical (unpaired) electrons. The molecule has 0 aliphatic carbocycles. The highest BCUT2D eigenvalue weighted by Gasteiger charge is 2.31. The quantitative estimate of drug-likeness (QED) is 0.859. The fourth-order valence-corrected chi connectivity index (χ4v) is 2.86. The van der Waals surface area contributed by atoms with Gasteiger partial charge in [-0.2, -0.15) is 0 Å². The van der Waals surface area contributed by atoms with Gasteiger partial charge in [-0.3, -0.25) is 5.32 Å². The number of carbonyl (C=O) groups excluding carboxylic acids is 1. The molecule has 0 bridgehead atoms. The summed E-state index contributed by atoms with van der Waals surface area (Å²) in [6.07, 6.45) is 1.89. The van der Waals surface area contributed by atoms with E-state index >= 15 is 0 Å². The first kappa shape index (κ1) is 16.8. The van der Waals surface area contributed by atoms with Gasteiger partial charge in [0.2, 0.25) is 0 Å². The number of rotatable bonds is 2. The molecule has 1 amide bonds. The van der Waals surface area contributed by atoms with Crippen molar-refractivity contribution in [2.45, 2.75) is 65.5 Å². The van der Waals surface area contributed by atoms with Gasteiger partial charge in [0.05, 0.1) is 0 Å². The van der Waals surface area contributed by atoms with E-state index in [9.17, 15) is 4.79 Å². The maximum absolute atomic E-state index is 12.1. The van der Waals surface area contributed by atoms with Crippen LogP contribution in [0.1, 0.15) is 57.2 Å². The van der Waals surface area contributed by atoms with Crippen LogP contribution in [0.4, 0.5) is 10.5 Å². The summed E-state index contributed by atoms with van der Waals surface area (Å²) in [5.74, 6) is 0. The third-order valence-electron chi connectivity index (χ3n) is 4.31. The highest BCUT2D eigenvalue weighted by molar-refractivity contribution is 5.86. The lowest BCUT2D eigenvalue weighted by molar-refractivity contribution is 0.0636. The Morgan fingerprint density at radius 3 is 2.55 bits per heavy atom. The Labute approximate surface area is 133 Å². The van der Waals surface area contributed by atoms with Crippen molar-refractivity contribution in [3.8, 4) is 0 Å². The van der Waals surface area contributed by atoms with Gasteiger partial charge in [-0.15, -0.1) is 0 Å². The molecule has 0 aromatic heterocycles. The van der Waals surface area contributed by atoms with Crippen LogP contribution in [-0.2, 0) is 10.3 Å². The summed E-state index contributed by atoms with van der Waals surface area (Å²) >= 11 is 0. The molecule has 4 nitrogen and oxygen atoms in total. The molecule has 1 saturated heterocycles. The Balaban J connectivity index is 2.27. The standard InChI is InChI=1S/C18H28N2O2/c1-12-10-14(18(6)8-7-9-19-18)11-15(13(12)2)20-16(21)22-17(3,4)5/h10-11,19H,7-9H2,1-6H3,(H,20,21). The first-order chi connectivity index (χ1) is 10.1. The molecular weight excluding hydrogens is 276 g/mol. The molecule has 4 heteroatoms. The smallest absolute Gasteiger partial charge is 0.412 e. The lowest BCUT2D eigenvalue weighted by Crippen LogP contribution is -2.33. The van der Waals surface area contributed by atoms with E-state index in [-0.39, 0.29) is 5.54 Å². The Kier molecular flexibility index (Phi) is 4.52. The normalized spacial score (nSPS) is 21.7. The van der Waals surface area contributed by atoms with Crippen LogP contribution in [0.25, 0.3) is 0 Å². The first-order valence-electron chi connectivity index (χ1n) is 7.97. The van der Waals surface area contributed by atoms with E-state index in [2.05, 4.69) is 36.6 Å². The summed E-state index contributed by atoms with van der Waals surface area (Å²) < 4.78 is 5.36. The van der Waals surface area contributed by atoms with Gasteiger partial charge in [-0.1, -0.05) is 6.07 Å². The van der Waals surface area contributed by atoms with Crippen molar-refractivity contribution >= 4 is 11.8 Å². The van der Waals surface area contributed by atoms with Gasteiger partial charge in [-0.25, -0.2) is 4.79 Å². The molecule has 1 unspecified atom stereocenters. The van der Waals surface area contributed by atoms with E-state index in [0.717, 1.165) is 24.2 Å². The maximum Gasteiger partial charge on any atom is 0.412 e. The third-order valence-corrected chi connectivity index (χ3v) is 4.31. The van der Waals surface area contributed by atoms with Crippen LogP contribution in [0.3, 0.4) is 0 Å². The minimum absolute atomic E-state index is 0.0111. The van der Waals surface area contributed by atoms with Crippen LogP contribution in [0.15, 0.2) is 12.1 Å². The van der Waals surface area contributed by atoms with E-state index in [0.29, 0.717) is 0 Å². The summed E-state index contributed by atoms with van der Waals surface area (Å²) in [6, 6.07) is 4.29. The SMILES string of the molecule is Cc1cc(C2(C)CCCN2)cc(NC(=O)OC(C)(C)C)c1C. The minimum Gasteiger partial charge on any atom is -0.444 e. The second-order valence-corrected chi connectivity index (χ2v) is 7.46. The summed E-state index contributed by atoms with van der Waals surface area (Å²) in [5.41, 5.74) is 3.81. The summed E-state index contributed by atoms with van der Waals surface area (Å²) in [7, 11) is 0. The van der Waals surface area contributed by atoms with Crippen LogP contribution in [0.5, 0.6) is 0 Å². The van der Waals surface area contributed by atoms with Crippen molar-refractivity contribution < 1.29 is 9.53 Å². The fourth-order valence-electron chi connectivity index (χ4n) is 2.86. The second-order valence-electron chi connectivity index (χ2n) is 7.46. The van der Waals surface area contributed by atoms with Crippen LogP contribution in [0.2, 0.25) is 0 Å². The second kappa shape index (κ2) is 5.92. The first-order valence-corrected chi connectivity index (χ1v) is 7.97. The van der Waals surface area contributed by atoms with Crippen molar-refractivity contribution in [2.24, 2.45) is 0 Å². The number of hydrogen-bond acceptors (Lipinski definition) is 3. The van der Waals surface area contributed by atoms with Gasteiger partial charge in [0, 0.05) is 11.2 Å². The molecule has 1 aliphatic heterocycles. The van der Waals surface area contributed by atoms with Gasteiger partial charge < -0.3 is 10.1 Å². The highest BCUT2D eigenvalue weighted by atomic mass is 16.6. The summed E-state index contributed by atoms with van der Waals surface area (Å²) in [4.78, 5) is 12.1. The van der Waals surface area contributed by atoms with E-state index in [4.69, 9.17) is 4.74 Å². The van der Waals surface area contributed by atoms with Crippen molar-refractivity contribution in [1.29, 1.82) is 0 Å². The molecule has 1 aromatic rings. The van der Waals surface area contributed by atoms with E-state index in [1.165, 1.54) is 17.5 Å². The van der Waals surface area contributed by atoms with Gasteiger partial charge in [-0.05, 0) is 83.7 Å². The molecule has 0 spiro atoms. The zero-order valence-corrected chi connectivity index (χ0v) is 14.6. The number of amides is 1. The fraction of sp³-hybridized carbons (Fsp3) is 0.611. The molecule has 1 fully saturated rings. The summed E-state index contributed by atoms with van der Waals surface area (Å²) in [6.45, 7) is 13.0. The van der Waals surface area contributed by atoms with Crippen LogP contribution in [0, 0.1) is 13.8 Å². The van der Waals surface area contributed by atoms with Gasteiger partial charge in [0.1, 0.15) is 5.60 Å². The third kappa shape index (κ3) is 3.80. The molecule has 1 aromatic carbocycles. The Hall–Kier alpha value is -1.55. The lowest BCUT2D eigenvalue weighted by atomic mass is 9.88. The number of nitrogens with one attached hydrogen (secondary N) is 2. The number of hydrogen-bond donors (Lipinski definition) is 2. The largest absolute Gasteiger partial charge is 0.444 e. The van der Waals surface area contributed by atoms with Crippen LogP contribution in [-0.4, -0.2) is 18.2 Å². The molecule has 0 saturated carbocycles. The average Bonchev–Trinajstić information content (AvgIpc) is 2.80. The number of carbonyl (C=O) groups is 1. The number of anilines is 1. The molecule has 22 heavy (non-hydrogen) atoms. The maximum atomic E-state index is 12.1. The molecule has 1 aliphatic rings. The van der Waals surface area contributed by atoms with E-state index in [1.54, 1.807) is 0 Å². The Morgan fingerprint density at radius 2 is 2.00 bits per heavy atom. The van der Waals surface area contributed by atoms with Gasteiger partial charge in [0.15, 0.2) is 0 Å². The molecular formula is C18H28N2O2. The molecule has 1 atom stereocenters.